The smallest absolute Gasteiger partial charge is 0.318 e. The molecule has 0 saturated carbocycles. The molecule has 0 bridgehead atoms. The molecule has 0 atom stereocenters. The molecule has 0 aliphatic rings. The number of carboxylic acids is 1. The van der Waals surface area contributed by atoms with Crippen molar-refractivity contribution in [2.75, 3.05) is 0 Å². The first-order valence-electron chi connectivity index (χ1n) is 10.5. The van der Waals surface area contributed by atoms with E-state index < -0.39 is 24.0 Å². The van der Waals surface area contributed by atoms with Crippen molar-refractivity contribution in [3.05, 3.63) is 47.0 Å². The van der Waals surface area contributed by atoms with E-state index in [0.29, 0.717) is 17.9 Å². The van der Waals surface area contributed by atoms with Crippen LogP contribution in [-0.4, -0.2) is 22.0 Å². The van der Waals surface area contributed by atoms with E-state index in [1.54, 1.807) is 0 Å². The number of carbonyl (C=O) groups is 2. The molecule has 1 heterocycles. The third kappa shape index (κ3) is 4.78. The highest BCUT2D eigenvalue weighted by molar-refractivity contribution is 6.31. The van der Waals surface area contributed by atoms with Crippen LogP contribution < -0.4 is 0 Å². The fraction of sp³-hybridized carbons (Fsp3) is 0.417. The van der Waals surface area contributed by atoms with Crippen molar-refractivity contribution < 1.29 is 19.4 Å². The van der Waals surface area contributed by atoms with E-state index in [4.69, 9.17) is 21.4 Å². The van der Waals surface area contributed by atoms with Crippen molar-refractivity contribution in [1.29, 1.82) is 0 Å². The molecule has 0 amide bonds. The van der Waals surface area contributed by atoms with E-state index in [1.807, 2.05) is 36.4 Å². The predicted molar refractivity (Wildman–Crippen MR) is 120 cm³/mol. The minimum absolute atomic E-state index is 0.632. The molecule has 3 rings (SSSR count). The Bertz CT molecular complexity index is 1050. The van der Waals surface area contributed by atoms with Crippen molar-refractivity contribution in [2.45, 2.75) is 64.4 Å². The van der Waals surface area contributed by atoms with Crippen LogP contribution in [0.25, 0.3) is 21.8 Å². The minimum Gasteiger partial charge on any atom is -0.481 e. The summed E-state index contributed by atoms with van der Waals surface area (Å²) >= 11 is 6.17. The molecular weight excluding hydrogens is 402 g/mol. The Morgan fingerprint density at radius 2 is 1.70 bits per heavy atom. The molecule has 0 unspecified atom stereocenters. The fourth-order valence-electron chi connectivity index (χ4n) is 4.04. The topological polar surface area (TPSA) is 79.4 Å². The minimum atomic E-state index is -1.18. The summed E-state index contributed by atoms with van der Waals surface area (Å²) in [5.74, 6) is -1.87. The van der Waals surface area contributed by atoms with Gasteiger partial charge in [-0.3, -0.25) is 9.59 Å². The summed E-state index contributed by atoms with van der Waals surface area (Å²) in [6.07, 6.45) is 4.36. The summed E-state index contributed by atoms with van der Waals surface area (Å²) in [6, 6.07) is 11.8. The van der Waals surface area contributed by atoms with E-state index in [1.165, 1.54) is 0 Å². The number of H-pyrrole nitrogens is 1. The van der Waals surface area contributed by atoms with Gasteiger partial charge in [-0.1, -0.05) is 50.4 Å². The number of aromatic amines is 1. The molecule has 6 heteroatoms. The van der Waals surface area contributed by atoms with Gasteiger partial charge < -0.3 is 14.8 Å². The Labute approximate surface area is 181 Å². The van der Waals surface area contributed by atoms with Crippen molar-refractivity contribution >= 4 is 45.3 Å². The lowest BCUT2D eigenvalue weighted by Gasteiger charge is -2.34. The lowest BCUT2D eigenvalue weighted by Crippen LogP contribution is -2.33. The number of fused-ring (bicyclic) bond motifs is 3. The monoisotopic (exact) mass is 429 g/mol. The second kappa shape index (κ2) is 9.52. The number of halogens is 1. The summed E-state index contributed by atoms with van der Waals surface area (Å²) in [6.45, 7) is 4.18. The van der Waals surface area contributed by atoms with E-state index >= 15 is 0 Å². The van der Waals surface area contributed by atoms with Crippen molar-refractivity contribution in [3.63, 3.8) is 0 Å². The van der Waals surface area contributed by atoms with Crippen molar-refractivity contribution in [2.24, 2.45) is 0 Å². The standard InChI is InChI=1S/C24H28ClNO4/c1-3-5-11-24(12-6-4-2,30-23(29)15-22(27)28)16-7-9-18-19-14-17(25)8-10-20(19)26-21(18)13-16/h7-10,13-14,26H,3-6,11-12,15H2,1-2H3,(H,27,28). The molecule has 3 aromatic rings. The number of aromatic nitrogens is 1. The Kier molecular flexibility index (Phi) is 7.03. The molecule has 0 fully saturated rings. The van der Waals surface area contributed by atoms with E-state index in [0.717, 1.165) is 53.1 Å². The van der Waals surface area contributed by atoms with Gasteiger partial charge in [-0.2, -0.15) is 0 Å². The molecule has 2 aromatic carbocycles. The number of carboxylic acid groups (broad SMARTS) is 1. The van der Waals surface area contributed by atoms with Gasteiger partial charge in [-0.25, -0.2) is 0 Å². The first-order valence-corrected chi connectivity index (χ1v) is 10.9. The van der Waals surface area contributed by atoms with Gasteiger partial charge in [0.15, 0.2) is 0 Å². The molecule has 0 aliphatic carbocycles. The quantitative estimate of drug-likeness (QED) is 0.282. The largest absolute Gasteiger partial charge is 0.481 e. The number of aliphatic carboxylic acids is 1. The maximum absolute atomic E-state index is 12.4. The van der Waals surface area contributed by atoms with Crippen LogP contribution in [0, 0.1) is 0 Å². The maximum Gasteiger partial charge on any atom is 0.318 e. The zero-order valence-corrected chi connectivity index (χ0v) is 18.2. The van der Waals surface area contributed by atoms with Gasteiger partial charge in [0.2, 0.25) is 0 Å². The second-order valence-electron chi connectivity index (χ2n) is 7.82. The highest BCUT2D eigenvalue weighted by Crippen LogP contribution is 2.39. The van der Waals surface area contributed by atoms with E-state index in [-0.39, 0.29) is 0 Å². The van der Waals surface area contributed by atoms with Gasteiger partial charge in [0.05, 0.1) is 0 Å². The van der Waals surface area contributed by atoms with Crippen LogP contribution in [0.4, 0.5) is 0 Å². The summed E-state index contributed by atoms with van der Waals surface area (Å²) in [7, 11) is 0. The van der Waals surface area contributed by atoms with Gasteiger partial charge in [0, 0.05) is 26.8 Å². The molecule has 160 valence electrons. The molecule has 0 aliphatic heterocycles. The fourth-order valence-corrected chi connectivity index (χ4v) is 4.21. The Morgan fingerprint density at radius 1 is 1.00 bits per heavy atom. The molecule has 1 aromatic heterocycles. The van der Waals surface area contributed by atoms with Crippen molar-refractivity contribution in [1.82, 2.24) is 4.98 Å². The summed E-state index contributed by atoms with van der Waals surface area (Å²) in [5.41, 5.74) is 1.99. The third-order valence-electron chi connectivity index (χ3n) is 5.56. The van der Waals surface area contributed by atoms with Gasteiger partial charge in [0.1, 0.15) is 12.0 Å². The number of esters is 1. The number of rotatable bonds is 10. The second-order valence-corrected chi connectivity index (χ2v) is 8.26. The average molecular weight is 430 g/mol. The number of ether oxygens (including phenoxy) is 1. The first kappa shape index (κ1) is 22.2. The van der Waals surface area contributed by atoms with Gasteiger partial charge in [-0.05, 0) is 55.5 Å². The van der Waals surface area contributed by atoms with Crippen LogP contribution in [0.2, 0.25) is 5.02 Å². The number of hydrogen-bond acceptors (Lipinski definition) is 3. The van der Waals surface area contributed by atoms with Gasteiger partial charge in [-0.15, -0.1) is 0 Å². The van der Waals surface area contributed by atoms with Crippen LogP contribution in [0.1, 0.15) is 64.4 Å². The molecule has 0 radical (unpaired) electrons. The van der Waals surface area contributed by atoms with E-state index in [9.17, 15) is 9.59 Å². The van der Waals surface area contributed by atoms with Gasteiger partial charge >= 0.3 is 11.9 Å². The normalized spacial score (nSPS) is 11.8. The number of carbonyl (C=O) groups excluding carboxylic acids is 1. The predicted octanol–water partition coefficient (Wildman–Crippen LogP) is 6.57. The Morgan fingerprint density at radius 3 is 2.33 bits per heavy atom. The zero-order chi connectivity index (χ0) is 21.7. The molecule has 2 N–H and O–H groups in total. The molecule has 5 nitrogen and oxygen atoms in total. The van der Waals surface area contributed by atoms with Crippen molar-refractivity contribution in [3.8, 4) is 0 Å². The third-order valence-corrected chi connectivity index (χ3v) is 5.79. The lowest BCUT2D eigenvalue weighted by molar-refractivity contribution is -0.167. The van der Waals surface area contributed by atoms with Crippen LogP contribution in [0.15, 0.2) is 36.4 Å². The van der Waals surface area contributed by atoms with Gasteiger partial charge in [0.25, 0.3) is 0 Å². The molecule has 0 spiro atoms. The lowest BCUT2D eigenvalue weighted by atomic mass is 9.83. The summed E-state index contributed by atoms with van der Waals surface area (Å²) in [5, 5.41) is 11.8. The maximum atomic E-state index is 12.4. The van der Waals surface area contributed by atoms with Crippen LogP contribution in [0.3, 0.4) is 0 Å². The average Bonchev–Trinajstić information content (AvgIpc) is 3.06. The zero-order valence-electron chi connectivity index (χ0n) is 17.5. The number of nitrogens with one attached hydrogen (secondary N) is 1. The Balaban J connectivity index is 2.09. The molecular formula is C24H28ClNO4. The number of benzene rings is 2. The van der Waals surface area contributed by atoms with Crippen LogP contribution in [-0.2, 0) is 19.9 Å². The van der Waals surface area contributed by atoms with Crippen LogP contribution >= 0.6 is 11.6 Å². The highest BCUT2D eigenvalue weighted by atomic mass is 35.5. The Hall–Kier alpha value is -2.53. The van der Waals surface area contributed by atoms with E-state index in [2.05, 4.69) is 18.8 Å². The highest BCUT2D eigenvalue weighted by Gasteiger charge is 2.36. The van der Waals surface area contributed by atoms with Crippen LogP contribution in [0.5, 0.6) is 0 Å². The molecule has 0 saturated heterocycles. The molecule has 30 heavy (non-hydrogen) atoms. The number of hydrogen-bond donors (Lipinski definition) is 2. The SMILES string of the molecule is CCCCC(CCCC)(OC(=O)CC(=O)O)c1ccc2c(c1)[nH]c1ccc(Cl)cc12. The summed E-state index contributed by atoms with van der Waals surface area (Å²) < 4.78 is 5.93. The first-order chi connectivity index (χ1) is 14.4. The number of unbranched alkanes of at least 4 members (excludes halogenated alkanes) is 2. The summed E-state index contributed by atoms with van der Waals surface area (Å²) in [4.78, 5) is 26.9.